The van der Waals surface area contributed by atoms with Crippen LogP contribution in [0.1, 0.15) is 50.3 Å². The molecule has 0 heterocycles. The molecular formula is C14H20BrCl. The molecule has 0 aliphatic carbocycles. The van der Waals surface area contributed by atoms with Gasteiger partial charge in [-0.1, -0.05) is 49.7 Å². The zero-order chi connectivity index (χ0) is 12.3. The average Bonchev–Trinajstić information content (AvgIpc) is 2.19. The molecule has 0 bridgehead atoms. The summed E-state index contributed by atoms with van der Waals surface area (Å²) in [6.07, 6.45) is 1.11. The molecule has 1 rings (SSSR count). The lowest BCUT2D eigenvalue weighted by Crippen LogP contribution is -2.01. The molecule has 0 fully saturated rings. The third kappa shape index (κ3) is 3.49. The zero-order valence-corrected chi connectivity index (χ0v) is 12.8. The Labute approximate surface area is 113 Å². The summed E-state index contributed by atoms with van der Waals surface area (Å²) >= 11 is 9.63. The van der Waals surface area contributed by atoms with E-state index in [9.17, 15) is 0 Å². The highest BCUT2D eigenvalue weighted by Gasteiger charge is 2.11. The van der Waals surface area contributed by atoms with E-state index in [-0.39, 0.29) is 0 Å². The lowest BCUT2D eigenvalue weighted by atomic mass is 9.93. The van der Waals surface area contributed by atoms with E-state index < -0.39 is 0 Å². The zero-order valence-electron chi connectivity index (χ0n) is 10.5. The second kappa shape index (κ2) is 6.07. The second-order valence-electron chi connectivity index (χ2n) is 5.03. The van der Waals surface area contributed by atoms with Crippen molar-refractivity contribution in [2.24, 2.45) is 5.92 Å². The van der Waals surface area contributed by atoms with Gasteiger partial charge in [-0.25, -0.2) is 0 Å². The Hall–Kier alpha value is -0.0100. The van der Waals surface area contributed by atoms with E-state index in [0.29, 0.717) is 17.7 Å². The number of alkyl halides is 1. The fourth-order valence-electron chi connectivity index (χ4n) is 1.93. The van der Waals surface area contributed by atoms with Gasteiger partial charge in [-0.3, -0.25) is 0 Å². The van der Waals surface area contributed by atoms with Gasteiger partial charge in [0.25, 0.3) is 0 Å². The minimum Gasteiger partial charge on any atom is -0.122 e. The summed E-state index contributed by atoms with van der Waals surface area (Å²) in [6, 6.07) is 4.49. The molecule has 0 saturated heterocycles. The molecule has 16 heavy (non-hydrogen) atoms. The van der Waals surface area contributed by atoms with Gasteiger partial charge in [0.05, 0.1) is 0 Å². The van der Waals surface area contributed by atoms with E-state index >= 15 is 0 Å². The summed E-state index contributed by atoms with van der Waals surface area (Å²) in [5, 5.41) is 0. The van der Waals surface area contributed by atoms with E-state index in [1.807, 2.05) is 0 Å². The normalized spacial score (nSPS) is 11.5. The van der Waals surface area contributed by atoms with E-state index in [4.69, 9.17) is 11.6 Å². The van der Waals surface area contributed by atoms with Gasteiger partial charge in [0.1, 0.15) is 0 Å². The van der Waals surface area contributed by atoms with Crippen molar-refractivity contribution in [2.45, 2.75) is 45.9 Å². The number of halogens is 2. The van der Waals surface area contributed by atoms with Crippen LogP contribution in [0.3, 0.4) is 0 Å². The molecular weight excluding hydrogens is 284 g/mol. The van der Waals surface area contributed by atoms with Crippen LogP contribution in [0.5, 0.6) is 0 Å². The Morgan fingerprint density at radius 2 is 1.75 bits per heavy atom. The van der Waals surface area contributed by atoms with Crippen molar-refractivity contribution < 1.29 is 0 Å². The molecule has 1 aromatic carbocycles. The number of rotatable bonds is 4. The molecule has 0 amide bonds. The minimum atomic E-state index is 0.535. The maximum atomic E-state index is 5.99. The molecule has 0 unspecified atom stereocenters. The monoisotopic (exact) mass is 302 g/mol. The van der Waals surface area contributed by atoms with Crippen LogP contribution in [0.2, 0.25) is 0 Å². The third-order valence-corrected chi connectivity index (χ3v) is 3.73. The topological polar surface area (TPSA) is 0 Å². The number of hydrogen-bond acceptors (Lipinski definition) is 0. The van der Waals surface area contributed by atoms with Crippen LogP contribution in [0.25, 0.3) is 0 Å². The first-order valence-corrected chi connectivity index (χ1v) is 7.15. The summed E-state index contributed by atoms with van der Waals surface area (Å²) in [6.45, 7) is 8.94. The number of benzene rings is 1. The summed E-state index contributed by atoms with van der Waals surface area (Å²) in [4.78, 5) is 0. The molecule has 0 radical (unpaired) electrons. The van der Waals surface area contributed by atoms with E-state index in [0.717, 1.165) is 6.42 Å². The standard InChI is InChI=1S/C14H20BrCl/c1-9(2)5-11-6-13(10(3)4)12(8-16)7-14(11)15/h6-7,9-10H,5,8H2,1-4H3. The van der Waals surface area contributed by atoms with Crippen LogP contribution < -0.4 is 0 Å². The molecule has 0 nitrogen and oxygen atoms in total. The Bertz CT molecular complexity index is 356. The van der Waals surface area contributed by atoms with Crippen LogP contribution in [-0.2, 0) is 12.3 Å². The first-order chi connectivity index (χ1) is 7.45. The van der Waals surface area contributed by atoms with Crippen molar-refractivity contribution in [3.05, 3.63) is 33.3 Å². The molecule has 90 valence electrons. The van der Waals surface area contributed by atoms with Crippen LogP contribution in [-0.4, -0.2) is 0 Å². The fourth-order valence-corrected chi connectivity index (χ4v) is 2.71. The maximum Gasteiger partial charge on any atom is 0.0477 e. The SMILES string of the molecule is CC(C)Cc1cc(C(C)C)c(CCl)cc1Br. The summed E-state index contributed by atoms with van der Waals surface area (Å²) < 4.78 is 1.20. The van der Waals surface area contributed by atoms with Crippen molar-refractivity contribution in [1.82, 2.24) is 0 Å². The maximum absolute atomic E-state index is 5.99. The van der Waals surface area contributed by atoms with Crippen molar-refractivity contribution in [2.75, 3.05) is 0 Å². The summed E-state index contributed by atoms with van der Waals surface area (Å²) in [5.41, 5.74) is 4.03. The Kier molecular flexibility index (Phi) is 5.33. The van der Waals surface area contributed by atoms with Crippen molar-refractivity contribution >= 4 is 27.5 Å². The van der Waals surface area contributed by atoms with Crippen molar-refractivity contribution in [3.8, 4) is 0 Å². The van der Waals surface area contributed by atoms with Gasteiger partial charge in [-0.2, -0.15) is 0 Å². The van der Waals surface area contributed by atoms with Crippen LogP contribution in [0, 0.1) is 5.92 Å². The highest BCUT2D eigenvalue weighted by Crippen LogP contribution is 2.29. The van der Waals surface area contributed by atoms with Gasteiger partial charge < -0.3 is 0 Å². The first kappa shape index (κ1) is 14.1. The van der Waals surface area contributed by atoms with E-state index in [1.165, 1.54) is 21.2 Å². The van der Waals surface area contributed by atoms with Crippen LogP contribution in [0.15, 0.2) is 16.6 Å². The van der Waals surface area contributed by atoms with Crippen molar-refractivity contribution in [1.29, 1.82) is 0 Å². The highest BCUT2D eigenvalue weighted by atomic mass is 79.9. The smallest absolute Gasteiger partial charge is 0.0477 e. The molecule has 0 aliphatic heterocycles. The largest absolute Gasteiger partial charge is 0.122 e. The summed E-state index contributed by atoms with van der Waals surface area (Å²) in [7, 11) is 0. The lowest BCUT2D eigenvalue weighted by molar-refractivity contribution is 0.644. The highest BCUT2D eigenvalue weighted by molar-refractivity contribution is 9.10. The predicted molar refractivity (Wildman–Crippen MR) is 76.3 cm³/mol. The lowest BCUT2D eigenvalue weighted by Gasteiger charge is -2.16. The van der Waals surface area contributed by atoms with Gasteiger partial charge in [0, 0.05) is 10.4 Å². The molecule has 0 aromatic heterocycles. The summed E-state index contributed by atoms with van der Waals surface area (Å²) in [5.74, 6) is 1.81. The first-order valence-electron chi connectivity index (χ1n) is 5.82. The van der Waals surface area contributed by atoms with Gasteiger partial charge in [-0.15, -0.1) is 11.6 Å². The molecule has 0 atom stereocenters. The van der Waals surface area contributed by atoms with Crippen LogP contribution in [0.4, 0.5) is 0 Å². The molecule has 2 heteroatoms. The van der Waals surface area contributed by atoms with Gasteiger partial charge in [0.2, 0.25) is 0 Å². The number of hydrogen-bond donors (Lipinski definition) is 0. The van der Waals surface area contributed by atoms with E-state index in [2.05, 4.69) is 55.8 Å². The Morgan fingerprint density at radius 1 is 1.12 bits per heavy atom. The molecule has 1 aromatic rings. The third-order valence-electron chi connectivity index (χ3n) is 2.70. The Balaban J connectivity index is 3.16. The molecule has 0 spiro atoms. The van der Waals surface area contributed by atoms with Crippen LogP contribution >= 0.6 is 27.5 Å². The van der Waals surface area contributed by atoms with Crippen molar-refractivity contribution in [3.63, 3.8) is 0 Å². The predicted octanol–water partition coefficient (Wildman–Crippen LogP) is 5.51. The molecule has 0 saturated carbocycles. The fraction of sp³-hybridized carbons (Fsp3) is 0.571. The Morgan fingerprint density at radius 3 is 2.19 bits per heavy atom. The molecule has 0 N–H and O–H groups in total. The van der Waals surface area contributed by atoms with E-state index in [1.54, 1.807) is 0 Å². The minimum absolute atomic E-state index is 0.535. The quantitative estimate of drug-likeness (QED) is 0.643. The average molecular weight is 304 g/mol. The van der Waals surface area contributed by atoms with Gasteiger partial charge in [-0.05, 0) is 41.0 Å². The molecule has 0 aliphatic rings. The van der Waals surface area contributed by atoms with Gasteiger partial charge in [0.15, 0.2) is 0 Å². The second-order valence-corrected chi connectivity index (χ2v) is 6.15. The van der Waals surface area contributed by atoms with Gasteiger partial charge >= 0.3 is 0 Å².